The first-order valence-electron chi connectivity index (χ1n) is 5.31. The van der Waals surface area contributed by atoms with Gasteiger partial charge in [0, 0.05) is 0 Å². The van der Waals surface area contributed by atoms with Gasteiger partial charge in [0.05, 0.1) is 19.8 Å². The molecule has 0 radical (unpaired) electrons. The van der Waals surface area contributed by atoms with E-state index in [1.807, 2.05) is 0 Å². The van der Waals surface area contributed by atoms with Crippen molar-refractivity contribution in [1.29, 1.82) is 5.26 Å². The smallest absolute Gasteiger partial charge is 0.338 e. The zero-order chi connectivity index (χ0) is 15.1. The average molecular weight is 297 g/mol. The largest absolute Gasteiger partial charge is 0.492 e. The van der Waals surface area contributed by atoms with Crippen LogP contribution in [0, 0.1) is 17.3 Å². The molecular weight excluding hydrogens is 285 g/mol. The second-order valence-electron chi connectivity index (χ2n) is 3.36. The van der Waals surface area contributed by atoms with E-state index < -0.39 is 11.8 Å². The lowest BCUT2D eigenvalue weighted by molar-refractivity contribution is 0.0600. The normalized spacial score (nSPS) is 10.7. The topological polar surface area (TPSA) is 83.7 Å². The van der Waals surface area contributed by atoms with Crippen LogP contribution < -0.4 is 10.1 Å². The van der Waals surface area contributed by atoms with Gasteiger partial charge in [-0.25, -0.2) is 14.2 Å². The van der Waals surface area contributed by atoms with Gasteiger partial charge in [-0.1, -0.05) is 11.8 Å². The summed E-state index contributed by atoms with van der Waals surface area (Å²) in [5, 5.41) is 11.2. The standard InChI is InChI=1S/C12H12FN3O3S/c1-18-10-8(13)4-7(11(17)19-2)5-9(10)16-12(20-3)15-6-14/h4-5H,1-3H3,(H,15,16). The minimum Gasteiger partial charge on any atom is -0.492 e. The van der Waals surface area contributed by atoms with Crippen molar-refractivity contribution in [3.8, 4) is 11.9 Å². The third-order valence-corrected chi connectivity index (χ3v) is 2.81. The summed E-state index contributed by atoms with van der Waals surface area (Å²) in [4.78, 5) is 15.5. The number of esters is 1. The Bertz CT molecular complexity index is 584. The third kappa shape index (κ3) is 3.61. The number of halogens is 1. The van der Waals surface area contributed by atoms with Gasteiger partial charge in [0.2, 0.25) is 0 Å². The summed E-state index contributed by atoms with van der Waals surface area (Å²) in [6.45, 7) is 0. The van der Waals surface area contributed by atoms with E-state index in [1.165, 1.54) is 20.3 Å². The molecule has 8 heteroatoms. The number of carbonyl (C=O) groups is 1. The van der Waals surface area contributed by atoms with Crippen molar-refractivity contribution in [2.45, 2.75) is 0 Å². The van der Waals surface area contributed by atoms with Crippen LogP contribution in [0.4, 0.5) is 10.1 Å². The van der Waals surface area contributed by atoms with E-state index in [0.29, 0.717) is 0 Å². The molecule has 0 aliphatic carbocycles. The second kappa shape index (κ2) is 7.35. The lowest BCUT2D eigenvalue weighted by Crippen LogP contribution is -2.12. The number of nitrogens with zero attached hydrogens (tertiary/aromatic N) is 2. The number of nitriles is 1. The summed E-state index contributed by atoms with van der Waals surface area (Å²) in [5.74, 6) is -1.56. The molecule has 0 heterocycles. The van der Waals surface area contributed by atoms with Gasteiger partial charge in [0.1, 0.15) is 5.69 Å². The lowest BCUT2D eigenvalue weighted by Gasteiger charge is -2.09. The first-order valence-corrected chi connectivity index (χ1v) is 6.53. The van der Waals surface area contributed by atoms with E-state index in [2.05, 4.69) is 15.0 Å². The van der Waals surface area contributed by atoms with E-state index in [1.54, 1.807) is 12.4 Å². The number of nitrogens with one attached hydrogen (secondary N) is 1. The highest BCUT2D eigenvalue weighted by Gasteiger charge is 2.16. The first-order chi connectivity index (χ1) is 9.57. The van der Waals surface area contributed by atoms with E-state index in [0.717, 1.165) is 17.8 Å². The number of amidine groups is 1. The quantitative estimate of drug-likeness (QED) is 0.302. The number of thioether (sulfide) groups is 1. The summed E-state index contributed by atoms with van der Waals surface area (Å²) < 4.78 is 23.3. The predicted molar refractivity (Wildman–Crippen MR) is 73.7 cm³/mol. The number of carbonyl (C=O) groups excluding carboxylic acids is 1. The molecule has 1 N–H and O–H groups in total. The predicted octanol–water partition coefficient (Wildman–Crippen LogP) is 2.04. The second-order valence-corrected chi connectivity index (χ2v) is 4.15. The van der Waals surface area contributed by atoms with Crippen LogP contribution >= 0.6 is 11.8 Å². The summed E-state index contributed by atoms with van der Waals surface area (Å²) in [7, 11) is 2.48. The van der Waals surface area contributed by atoms with Crippen molar-refractivity contribution in [1.82, 2.24) is 5.32 Å². The number of aliphatic imine (C=N–C) groups is 1. The van der Waals surface area contributed by atoms with Gasteiger partial charge in [-0.2, -0.15) is 5.26 Å². The van der Waals surface area contributed by atoms with Crippen molar-refractivity contribution in [3.05, 3.63) is 23.5 Å². The molecule has 1 aromatic carbocycles. The van der Waals surface area contributed by atoms with Crippen LogP contribution in [0.1, 0.15) is 10.4 Å². The third-order valence-electron chi connectivity index (χ3n) is 2.23. The number of ether oxygens (including phenoxy) is 2. The molecule has 0 saturated carbocycles. The van der Waals surface area contributed by atoms with E-state index in [-0.39, 0.29) is 22.2 Å². The molecule has 0 unspecified atom stereocenters. The first kappa shape index (κ1) is 15.8. The van der Waals surface area contributed by atoms with Gasteiger partial charge < -0.3 is 9.47 Å². The molecule has 106 valence electrons. The zero-order valence-electron chi connectivity index (χ0n) is 11.1. The minimum atomic E-state index is -0.744. The van der Waals surface area contributed by atoms with Gasteiger partial charge in [0.25, 0.3) is 0 Å². The summed E-state index contributed by atoms with van der Waals surface area (Å²) >= 11 is 1.16. The maximum absolute atomic E-state index is 13.9. The van der Waals surface area contributed by atoms with Crippen molar-refractivity contribution in [2.75, 3.05) is 20.5 Å². The maximum atomic E-state index is 13.9. The molecule has 0 saturated heterocycles. The van der Waals surface area contributed by atoms with Crippen LogP contribution in [0.25, 0.3) is 0 Å². The summed E-state index contributed by atoms with van der Waals surface area (Å²) in [6.07, 6.45) is 3.40. The number of hydrogen-bond acceptors (Lipinski definition) is 6. The molecule has 0 spiro atoms. The van der Waals surface area contributed by atoms with Crippen LogP contribution in [0.15, 0.2) is 17.1 Å². The molecule has 0 aliphatic heterocycles. The molecule has 0 amide bonds. The Morgan fingerprint density at radius 2 is 2.20 bits per heavy atom. The van der Waals surface area contributed by atoms with Crippen LogP contribution in [0.5, 0.6) is 5.75 Å². The van der Waals surface area contributed by atoms with Crippen LogP contribution in [-0.2, 0) is 4.74 Å². The number of rotatable bonds is 3. The molecule has 0 fully saturated rings. The fraction of sp³-hybridized carbons (Fsp3) is 0.250. The molecule has 0 atom stereocenters. The molecule has 1 rings (SSSR count). The van der Waals surface area contributed by atoms with E-state index in [4.69, 9.17) is 10.00 Å². The Labute approximate surface area is 119 Å². The van der Waals surface area contributed by atoms with Crippen molar-refractivity contribution >= 4 is 28.6 Å². The lowest BCUT2D eigenvalue weighted by atomic mass is 10.2. The average Bonchev–Trinajstić information content (AvgIpc) is 2.45. The van der Waals surface area contributed by atoms with Crippen LogP contribution in [-0.4, -0.2) is 31.6 Å². The van der Waals surface area contributed by atoms with E-state index >= 15 is 0 Å². The summed E-state index contributed by atoms with van der Waals surface area (Å²) in [6, 6.07) is 2.32. The highest BCUT2D eigenvalue weighted by molar-refractivity contribution is 8.13. The molecule has 20 heavy (non-hydrogen) atoms. The van der Waals surface area contributed by atoms with Crippen molar-refractivity contribution in [3.63, 3.8) is 0 Å². The van der Waals surface area contributed by atoms with Crippen molar-refractivity contribution < 1.29 is 18.7 Å². The highest BCUT2D eigenvalue weighted by atomic mass is 32.2. The summed E-state index contributed by atoms with van der Waals surface area (Å²) in [5.41, 5.74) is 0.0851. The maximum Gasteiger partial charge on any atom is 0.338 e. The fourth-order valence-electron chi connectivity index (χ4n) is 1.38. The van der Waals surface area contributed by atoms with Crippen LogP contribution in [0.3, 0.4) is 0 Å². The molecular formula is C12H12FN3O3S. The SMILES string of the molecule is COC(=O)c1cc(F)c(OC)c(N=C(NC#N)SC)c1. The molecule has 0 aliphatic rings. The van der Waals surface area contributed by atoms with Crippen molar-refractivity contribution in [2.24, 2.45) is 4.99 Å². The number of benzene rings is 1. The highest BCUT2D eigenvalue weighted by Crippen LogP contribution is 2.32. The molecule has 0 aromatic heterocycles. The van der Waals surface area contributed by atoms with Gasteiger partial charge >= 0.3 is 5.97 Å². The van der Waals surface area contributed by atoms with Gasteiger partial charge in [-0.15, -0.1) is 0 Å². The Hall–Kier alpha value is -2.27. The molecule has 0 bridgehead atoms. The minimum absolute atomic E-state index is 0.00182. The Balaban J connectivity index is 3.38. The molecule has 6 nitrogen and oxygen atoms in total. The Kier molecular flexibility index (Phi) is 5.80. The fourth-order valence-corrected chi connectivity index (χ4v) is 1.72. The van der Waals surface area contributed by atoms with Gasteiger partial charge in [-0.05, 0) is 18.4 Å². The Morgan fingerprint density at radius 3 is 2.70 bits per heavy atom. The van der Waals surface area contributed by atoms with Gasteiger partial charge in [-0.3, -0.25) is 5.32 Å². The number of methoxy groups -OCH3 is 2. The monoisotopic (exact) mass is 297 g/mol. The van der Waals surface area contributed by atoms with Crippen LogP contribution in [0.2, 0.25) is 0 Å². The number of hydrogen-bond donors (Lipinski definition) is 1. The Morgan fingerprint density at radius 1 is 1.50 bits per heavy atom. The zero-order valence-corrected chi connectivity index (χ0v) is 11.9. The molecule has 1 aromatic rings. The van der Waals surface area contributed by atoms with E-state index in [9.17, 15) is 9.18 Å². The van der Waals surface area contributed by atoms with Gasteiger partial charge in [0.15, 0.2) is 22.9 Å².